The smallest absolute Gasteiger partial charge is 0.0761 e. The van der Waals surface area contributed by atoms with E-state index in [0.29, 0.717) is 12.1 Å². The van der Waals surface area contributed by atoms with Crippen molar-refractivity contribution in [3.05, 3.63) is 0 Å². The molecule has 2 heteroatoms. The summed E-state index contributed by atoms with van der Waals surface area (Å²) in [7, 11) is 1.79. The van der Waals surface area contributed by atoms with Crippen molar-refractivity contribution in [1.82, 2.24) is 5.32 Å². The van der Waals surface area contributed by atoms with E-state index in [-0.39, 0.29) is 0 Å². The van der Waals surface area contributed by atoms with Crippen molar-refractivity contribution in [3.63, 3.8) is 0 Å². The van der Waals surface area contributed by atoms with Crippen LogP contribution in [0.3, 0.4) is 0 Å². The van der Waals surface area contributed by atoms with Crippen LogP contribution in [0.2, 0.25) is 0 Å². The lowest BCUT2D eigenvalue weighted by atomic mass is 10.0. The molecule has 0 bridgehead atoms. The van der Waals surface area contributed by atoms with Gasteiger partial charge in [0.2, 0.25) is 0 Å². The third-order valence-corrected chi connectivity index (χ3v) is 2.75. The molecule has 2 atom stereocenters. The van der Waals surface area contributed by atoms with E-state index in [9.17, 15) is 0 Å². The van der Waals surface area contributed by atoms with Gasteiger partial charge in [-0.05, 0) is 31.7 Å². The Morgan fingerprint density at radius 2 is 2.29 bits per heavy atom. The number of terminal acetylenes is 1. The first-order chi connectivity index (χ1) is 6.83. The second-order valence-electron chi connectivity index (χ2n) is 4.01. The number of hydrogen-bond acceptors (Lipinski definition) is 2. The van der Waals surface area contributed by atoms with Gasteiger partial charge in [0.05, 0.1) is 6.10 Å². The summed E-state index contributed by atoms with van der Waals surface area (Å²) >= 11 is 0. The van der Waals surface area contributed by atoms with Gasteiger partial charge in [-0.25, -0.2) is 0 Å². The summed E-state index contributed by atoms with van der Waals surface area (Å²) in [6.07, 6.45) is 10.2. The van der Waals surface area contributed by atoms with Gasteiger partial charge in [-0.3, -0.25) is 0 Å². The fourth-order valence-corrected chi connectivity index (χ4v) is 1.87. The van der Waals surface area contributed by atoms with Gasteiger partial charge < -0.3 is 10.1 Å². The largest absolute Gasteiger partial charge is 0.380 e. The molecule has 0 aromatic rings. The Morgan fingerprint density at radius 3 is 2.71 bits per heavy atom. The molecule has 0 saturated heterocycles. The Labute approximate surface area is 87.4 Å². The van der Waals surface area contributed by atoms with Crippen LogP contribution in [0, 0.1) is 18.3 Å². The van der Waals surface area contributed by atoms with Gasteiger partial charge in [0.1, 0.15) is 0 Å². The van der Waals surface area contributed by atoms with Crippen LogP contribution < -0.4 is 5.32 Å². The minimum Gasteiger partial charge on any atom is -0.380 e. The lowest BCUT2D eigenvalue weighted by Crippen LogP contribution is -2.42. The van der Waals surface area contributed by atoms with Crippen LogP contribution in [0.1, 0.15) is 32.6 Å². The Balaban J connectivity index is 2.41. The predicted octanol–water partition coefficient (Wildman–Crippen LogP) is 1.80. The quantitative estimate of drug-likeness (QED) is 0.625. The SMILES string of the molecule is C#CCC(NCCC)C(OC)C1CC1. The molecule has 1 aliphatic carbocycles. The predicted molar refractivity (Wildman–Crippen MR) is 59.1 cm³/mol. The van der Waals surface area contributed by atoms with Crippen LogP contribution in [0.4, 0.5) is 0 Å². The van der Waals surface area contributed by atoms with E-state index in [0.717, 1.165) is 25.3 Å². The summed E-state index contributed by atoms with van der Waals surface area (Å²) in [6, 6.07) is 0.345. The Kier molecular flexibility index (Phi) is 5.00. The molecule has 0 aromatic heterocycles. The second kappa shape index (κ2) is 6.06. The average molecular weight is 195 g/mol. The van der Waals surface area contributed by atoms with Crippen LogP contribution in [-0.2, 0) is 4.74 Å². The molecule has 1 fully saturated rings. The summed E-state index contributed by atoms with van der Waals surface area (Å²) in [6.45, 7) is 3.19. The third-order valence-electron chi connectivity index (χ3n) is 2.75. The monoisotopic (exact) mass is 195 g/mol. The van der Waals surface area contributed by atoms with E-state index in [1.807, 2.05) is 0 Å². The normalized spacial score (nSPS) is 20.1. The van der Waals surface area contributed by atoms with Gasteiger partial charge in [0, 0.05) is 19.6 Å². The van der Waals surface area contributed by atoms with Crippen molar-refractivity contribution in [2.24, 2.45) is 5.92 Å². The van der Waals surface area contributed by atoms with Crippen molar-refractivity contribution < 1.29 is 4.74 Å². The van der Waals surface area contributed by atoms with Gasteiger partial charge in [0.25, 0.3) is 0 Å². The second-order valence-corrected chi connectivity index (χ2v) is 4.01. The van der Waals surface area contributed by atoms with Crippen LogP contribution in [0.25, 0.3) is 0 Å². The summed E-state index contributed by atoms with van der Waals surface area (Å²) in [4.78, 5) is 0. The molecule has 0 aromatic carbocycles. The molecule has 14 heavy (non-hydrogen) atoms. The first kappa shape index (κ1) is 11.6. The Bertz CT molecular complexity index is 193. The number of nitrogens with one attached hydrogen (secondary N) is 1. The number of hydrogen-bond donors (Lipinski definition) is 1. The molecule has 2 unspecified atom stereocenters. The summed E-state index contributed by atoms with van der Waals surface area (Å²) < 4.78 is 5.53. The molecule has 1 rings (SSSR count). The maximum atomic E-state index is 5.53. The molecule has 0 heterocycles. The van der Waals surface area contributed by atoms with E-state index in [4.69, 9.17) is 11.2 Å². The topological polar surface area (TPSA) is 21.3 Å². The highest BCUT2D eigenvalue weighted by Gasteiger charge is 2.36. The molecule has 0 spiro atoms. The van der Waals surface area contributed by atoms with Gasteiger partial charge in [-0.1, -0.05) is 6.92 Å². The fourth-order valence-electron chi connectivity index (χ4n) is 1.87. The Hall–Kier alpha value is -0.520. The maximum Gasteiger partial charge on any atom is 0.0761 e. The van der Waals surface area contributed by atoms with Crippen LogP contribution >= 0.6 is 0 Å². The summed E-state index contributed by atoms with van der Waals surface area (Å²) in [5.41, 5.74) is 0. The molecule has 2 nitrogen and oxygen atoms in total. The van der Waals surface area contributed by atoms with Gasteiger partial charge in [-0.15, -0.1) is 12.3 Å². The standard InChI is InChI=1S/C12H21NO/c1-4-6-11(13-9-5-2)12(14-3)10-7-8-10/h1,10-13H,5-9H2,2-3H3. The third kappa shape index (κ3) is 3.32. The van der Waals surface area contributed by atoms with Crippen molar-refractivity contribution in [3.8, 4) is 12.3 Å². The molecule has 1 N–H and O–H groups in total. The van der Waals surface area contributed by atoms with Crippen LogP contribution in [-0.4, -0.2) is 25.8 Å². The number of rotatable bonds is 7. The van der Waals surface area contributed by atoms with E-state index in [2.05, 4.69) is 18.2 Å². The van der Waals surface area contributed by atoms with E-state index in [1.54, 1.807) is 7.11 Å². The van der Waals surface area contributed by atoms with Crippen molar-refractivity contribution in [1.29, 1.82) is 0 Å². The van der Waals surface area contributed by atoms with Gasteiger partial charge >= 0.3 is 0 Å². The van der Waals surface area contributed by atoms with E-state index < -0.39 is 0 Å². The van der Waals surface area contributed by atoms with E-state index in [1.165, 1.54) is 12.8 Å². The van der Waals surface area contributed by atoms with Crippen molar-refractivity contribution in [2.45, 2.75) is 44.8 Å². The number of methoxy groups -OCH3 is 1. The molecule has 1 aliphatic rings. The first-order valence-electron chi connectivity index (χ1n) is 5.53. The summed E-state index contributed by atoms with van der Waals surface area (Å²) in [5.74, 6) is 3.47. The van der Waals surface area contributed by atoms with Crippen LogP contribution in [0.5, 0.6) is 0 Å². The zero-order chi connectivity index (χ0) is 10.4. The fraction of sp³-hybridized carbons (Fsp3) is 0.833. The van der Waals surface area contributed by atoms with Crippen molar-refractivity contribution in [2.75, 3.05) is 13.7 Å². The zero-order valence-electron chi connectivity index (χ0n) is 9.25. The average Bonchev–Trinajstić information content (AvgIpc) is 2.99. The molecule has 0 aliphatic heterocycles. The molecular formula is C12H21NO. The lowest BCUT2D eigenvalue weighted by Gasteiger charge is -2.25. The van der Waals surface area contributed by atoms with Crippen molar-refractivity contribution >= 4 is 0 Å². The van der Waals surface area contributed by atoms with Crippen LogP contribution in [0.15, 0.2) is 0 Å². The molecule has 0 radical (unpaired) electrons. The minimum absolute atomic E-state index is 0.317. The van der Waals surface area contributed by atoms with Gasteiger partial charge in [0.15, 0.2) is 0 Å². The highest BCUT2D eigenvalue weighted by atomic mass is 16.5. The summed E-state index contributed by atoms with van der Waals surface area (Å²) in [5, 5.41) is 3.48. The minimum atomic E-state index is 0.317. The molecular weight excluding hydrogens is 174 g/mol. The lowest BCUT2D eigenvalue weighted by molar-refractivity contribution is 0.0525. The molecule has 1 saturated carbocycles. The maximum absolute atomic E-state index is 5.53. The Morgan fingerprint density at radius 1 is 1.57 bits per heavy atom. The van der Waals surface area contributed by atoms with E-state index >= 15 is 0 Å². The van der Waals surface area contributed by atoms with Gasteiger partial charge in [-0.2, -0.15) is 0 Å². The zero-order valence-corrected chi connectivity index (χ0v) is 9.25. The molecule has 0 amide bonds. The highest BCUT2D eigenvalue weighted by Crippen LogP contribution is 2.36. The molecule has 80 valence electrons. The first-order valence-corrected chi connectivity index (χ1v) is 5.53. The highest BCUT2D eigenvalue weighted by molar-refractivity contribution is 4.97. The number of ether oxygens (including phenoxy) is 1.